The maximum absolute atomic E-state index is 15.1. The van der Waals surface area contributed by atoms with Gasteiger partial charge in [-0.15, -0.1) is 0 Å². The first-order chi connectivity index (χ1) is 16.1. The number of likely N-dealkylation sites (N-methyl/N-ethyl adjacent to an activating group) is 1. The van der Waals surface area contributed by atoms with E-state index in [0.29, 0.717) is 12.1 Å². The summed E-state index contributed by atoms with van der Waals surface area (Å²) in [6.45, 7) is 0.379. The van der Waals surface area contributed by atoms with Crippen molar-refractivity contribution in [2.75, 3.05) is 46.5 Å². The van der Waals surface area contributed by atoms with E-state index in [1.165, 1.54) is 29.0 Å². The van der Waals surface area contributed by atoms with Gasteiger partial charge in [-0.05, 0) is 39.3 Å². The normalized spacial score (nSPS) is 16.0. The summed E-state index contributed by atoms with van der Waals surface area (Å²) in [6, 6.07) is 9.03. The van der Waals surface area contributed by atoms with Crippen LogP contribution in [0.5, 0.6) is 11.5 Å². The van der Waals surface area contributed by atoms with Crippen LogP contribution in [0.1, 0.15) is 17.2 Å². The van der Waals surface area contributed by atoms with Crippen molar-refractivity contribution in [3.8, 4) is 11.5 Å². The molecule has 12 heteroatoms. The van der Waals surface area contributed by atoms with Gasteiger partial charge in [-0.1, -0.05) is 12.1 Å². The summed E-state index contributed by atoms with van der Waals surface area (Å²) < 4.78 is 42.7. The third-order valence-corrected chi connectivity index (χ3v) is 5.84. The van der Waals surface area contributed by atoms with Crippen molar-refractivity contribution in [2.45, 2.75) is 12.6 Å². The zero-order valence-corrected chi connectivity index (χ0v) is 20.4. The molecule has 2 N–H and O–H groups in total. The lowest BCUT2D eigenvalue weighted by molar-refractivity contribution is 0.100. The van der Waals surface area contributed by atoms with E-state index in [4.69, 9.17) is 9.47 Å². The molecular weight excluding hydrogens is 465 g/mol. The van der Waals surface area contributed by atoms with Crippen LogP contribution in [0.25, 0.3) is 0 Å². The third kappa shape index (κ3) is 5.82. The molecule has 0 bridgehead atoms. The van der Waals surface area contributed by atoms with Crippen molar-refractivity contribution >= 4 is 29.0 Å². The average molecular weight is 494 g/mol. The minimum absolute atomic E-state index is 0.0486. The molecule has 0 radical (unpaired) electrons. The van der Waals surface area contributed by atoms with Crippen LogP contribution in [0.3, 0.4) is 0 Å². The second kappa shape index (κ2) is 10.8. The van der Waals surface area contributed by atoms with E-state index >= 15 is 4.39 Å². The number of ether oxygens (including phenoxy) is 2. The summed E-state index contributed by atoms with van der Waals surface area (Å²) in [5.41, 5.74) is 0.982. The fourth-order valence-electron chi connectivity index (χ4n) is 3.41. The molecule has 0 aliphatic carbocycles. The van der Waals surface area contributed by atoms with Crippen LogP contribution in [0, 0.1) is 5.82 Å². The Morgan fingerprint density at radius 2 is 1.97 bits per heavy atom. The van der Waals surface area contributed by atoms with Gasteiger partial charge in [-0.3, -0.25) is 9.62 Å². The molecule has 0 aromatic heterocycles. The van der Waals surface area contributed by atoms with Gasteiger partial charge in [0, 0.05) is 37.8 Å². The second-order valence-electron chi connectivity index (χ2n) is 8.09. The molecule has 2 amide bonds. The number of carbonyl (C=O) groups is 2. The number of hydrogen-bond donors (Lipinski definition) is 2. The highest BCUT2D eigenvalue weighted by atomic mass is 32.2. The maximum Gasteiger partial charge on any atom is 0.416 e. The highest BCUT2D eigenvalue weighted by Crippen LogP contribution is 2.39. The number of fused-ring (bicyclic) bond motifs is 1. The van der Waals surface area contributed by atoms with Crippen LogP contribution in [0.15, 0.2) is 36.4 Å². The van der Waals surface area contributed by atoms with Gasteiger partial charge in [0.1, 0.15) is 11.5 Å². The number of anilines is 1. The highest BCUT2D eigenvalue weighted by Gasteiger charge is 2.36. The molecule has 0 fully saturated rings. The van der Waals surface area contributed by atoms with E-state index in [0.717, 1.165) is 0 Å². The van der Waals surface area contributed by atoms with Crippen molar-refractivity contribution in [1.82, 2.24) is 19.4 Å². The fraction of sp³-hybridized carbons (Fsp3) is 0.364. The average Bonchev–Trinajstić information content (AvgIpc) is 2.77. The van der Waals surface area contributed by atoms with E-state index in [-0.39, 0.29) is 29.3 Å². The molecule has 1 aliphatic heterocycles. The van der Waals surface area contributed by atoms with Gasteiger partial charge >= 0.3 is 12.2 Å². The Balaban J connectivity index is 1.92. The molecule has 2 aromatic rings. The summed E-state index contributed by atoms with van der Waals surface area (Å²) in [5, 5.41) is 0. The second-order valence-corrected chi connectivity index (χ2v) is 9.24. The Morgan fingerprint density at radius 1 is 1.24 bits per heavy atom. The minimum atomic E-state index is -1.66. The van der Waals surface area contributed by atoms with E-state index in [1.807, 2.05) is 19.0 Å². The van der Waals surface area contributed by atoms with Gasteiger partial charge in [-0.25, -0.2) is 22.9 Å². The largest absolute Gasteiger partial charge is 0.416 e. The van der Waals surface area contributed by atoms with Crippen LogP contribution in [0.4, 0.5) is 19.7 Å². The predicted molar refractivity (Wildman–Crippen MR) is 126 cm³/mol. The summed E-state index contributed by atoms with van der Waals surface area (Å²) in [5.74, 6) is -0.0960. The van der Waals surface area contributed by atoms with E-state index in [2.05, 4.69) is 9.44 Å². The highest BCUT2D eigenvalue weighted by molar-refractivity contribution is 7.84. The summed E-state index contributed by atoms with van der Waals surface area (Å²) in [7, 11) is 8.33. The lowest BCUT2D eigenvalue weighted by Crippen LogP contribution is -2.44. The molecule has 184 valence electrons. The first-order valence-corrected chi connectivity index (χ1v) is 11.5. The number of rotatable bonds is 8. The van der Waals surface area contributed by atoms with Gasteiger partial charge in [0.05, 0.1) is 18.3 Å². The summed E-state index contributed by atoms with van der Waals surface area (Å²) in [4.78, 5) is 29.5. The summed E-state index contributed by atoms with van der Waals surface area (Å²) >= 11 is -1.66. The van der Waals surface area contributed by atoms with Crippen LogP contribution in [-0.4, -0.2) is 72.9 Å². The van der Waals surface area contributed by atoms with Crippen molar-refractivity contribution in [2.24, 2.45) is 0 Å². The molecule has 2 atom stereocenters. The van der Waals surface area contributed by atoms with Crippen molar-refractivity contribution in [3.63, 3.8) is 0 Å². The number of halogens is 1. The summed E-state index contributed by atoms with van der Waals surface area (Å²) in [6.07, 6.45) is -1.22. The first kappa shape index (κ1) is 25.4. The molecule has 1 aliphatic rings. The Labute approximate surface area is 200 Å². The Bertz CT molecular complexity index is 1100. The number of nitrogens with one attached hydrogen (secondary N) is 2. The van der Waals surface area contributed by atoms with Crippen LogP contribution in [0.2, 0.25) is 0 Å². The zero-order valence-electron chi connectivity index (χ0n) is 19.6. The van der Waals surface area contributed by atoms with Gasteiger partial charge in [0.15, 0.2) is 17.0 Å². The molecule has 1 heterocycles. The lowest BCUT2D eigenvalue weighted by Gasteiger charge is -2.37. The predicted octanol–water partition coefficient (Wildman–Crippen LogP) is 2.71. The molecular formula is C22H28FN5O5S. The topological polar surface area (TPSA) is 103 Å². The van der Waals surface area contributed by atoms with Gasteiger partial charge < -0.3 is 19.3 Å². The standard InChI is InChI=1S/C22H28FN5O5S/c1-24-34(31)25-17-8-6-7-14(20(17)23)12-28-18(13-26(2)3)16-10-9-15(32-21(29)27(4)5)11-19(16)33-22(28)30/h6-11,18,24-25H,12-13H2,1-5H3. The molecule has 2 aromatic carbocycles. The van der Waals surface area contributed by atoms with Gasteiger partial charge in [0.25, 0.3) is 0 Å². The maximum atomic E-state index is 15.1. The fourth-order valence-corrected chi connectivity index (χ4v) is 3.87. The zero-order chi connectivity index (χ0) is 25.0. The van der Waals surface area contributed by atoms with E-state index in [1.54, 1.807) is 38.4 Å². The van der Waals surface area contributed by atoms with Crippen LogP contribution in [-0.2, 0) is 17.7 Å². The molecule has 0 saturated heterocycles. The smallest absolute Gasteiger partial charge is 0.410 e. The minimum Gasteiger partial charge on any atom is -0.410 e. The van der Waals surface area contributed by atoms with E-state index in [9.17, 15) is 13.8 Å². The Hall–Kier alpha value is -3.22. The molecule has 0 saturated carbocycles. The van der Waals surface area contributed by atoms with Crippen molar-refractivity contribution in [1.29, 1.82) is 0 Å². The number of carbonyl (C=O) groups excluding carboxylic acids is 2. The molecule has 2 unspecified atom stereocenters. The van der Waals surface area contributed by atoms with Gasteiger partial charge in [0.2, 0.25) is 0 Å². The van der Waals surface area contributed by atoms with Crippen LogP contribution < -0.4 is 18.9 Å². The molecule has 3 rings (SSSR count). The monoisotopic (exact) mass is 493 g/mol. The van der Waals surface area contributed by atoms with Crippen LogP contribution >= 0.6 is 0 Å². The molecule has 34 heavy (non-hydrogen) atoms. The first-order valence-electron chi connectivity index (χ1n) is 10.4. The van der Waals surface area contributed by atoms with Crippen molar-refractivity contribution in [3.05, 3.63) is 53.3 Å². The molecule has 10 nitrogen and oxygen atoms in total. The SMILES string of the molecule is CNS(=O)Nc1cccc(CN2C(=O)Oc3cc(OC(=O)N(C)C)ccc3C2CN(C)C)c1F. The number of benzene rings is 2. The third-order valence-electron chi connectivity index (χ3n) is 5.07. The lowest BCUT2D eigenvalue weighted by atomic mass is 10.0. The number of nitrogens with zero attached hydrogens (tertiary/aromatic N) is 3. The van der Waals surface area contributed by atoms with Crippen molar-refractivity contribution < 1.29 is 27.7 Å². The number of amides is 2. The van der Waals surface area contributed by atoms with Gasteiger partial charge in [-0.2, -0.15) is 0 Å². The number of hydrogen-bond acceptors (Lipinski definition) is 6. The Morgan fingerprint density at radius 3 is 2.62 bits per heavy atom. The Kier molecular flexibility index (Phi) is 8.07. The molecule has 0 spiro atoms. The quantitative estimate of drug-likeness (QED) is 0.586. The van der Waals surface area contributed by atoms with E-state index < -0.39 is 35.2 Å².